The zero-order valence-electron chi connectivity index (χ0n) is 16.9. The maximum absolute atomic E-state index is 12.6. The predicted molar refractivity (Wildman–Crippen MR) is 114 cm³/mol. The lowest BCUT2D eigenvalue weighted by atomic mass is 10.1. The first kappa shape index (κ1) is 19.3. The lowest BCUT2D eigenvalue weighted by Gasteiger charge is -2.33. The summed E-state index contributed by atoms with van der Waals surface area (Å²) in [5.41, 5.74) is 2.25. The highest BCUT2D eigenvalue weighted by Gasteiger charge is 2.25. The van der Waals surface area contributed by atoms with Gasteiger partial charge in [0, 0.05) is 38.5 Å². The molecule has 0 radical (unpaired) electrons. The van der Waals surface area contributed by atoms with Crippen LogP contribution in [0.1, 0.15) is 36.6 Å². The van der Waals surface area contributed by atoms with Gasteiger partial charge in [-0.3, -0.25) is 14.5 Å². The largest absolute Gasteiger partial charge is 0.381 e. The van der Waals surface area contributed by atoms with Crippen LogP contribution in [0.2, 0.25) is 0 Å². The Bertz CT molecular complexity index is 1260. The van der Waals surface area contributed by atoms with Gasteiger partial charge in [-0.2, -0.15) is 10.3 Å². The van der Waals surface area contributed by atoms with Gasteiger partial charge in [0.15, 0.2) is 5.84 Å². The van der Waals surface area contributed by atoms with Crippen LogP contribution in [0.15, 0.2) is 40.5 Å². The van der Waals surface area contributed by atoms with E-state index in [1.807, 2.05) is 11.1 Å². The van der Waals surface area contributed by atoms with E-state index in [-0.39, 0.29) is 17.7 Å². The number of fused-ring (bicyclic) bond motifs is 1. The van der Waals surface area contributed by atoms with Crippen LogP contribution in [-0.4, -0.2) is 62.1 Å². The normalized spacial score (nSPS) is 17.5. The van der Waals surface area contributed by atoms with Crippen LogP contribution in [0, 0.1) is 16.7 Å². The van der Waals surface area contributed by atoms with Gasteiger partial charge in [-0.25, -0.2) is 9.78 Å². The number of imidazole rings is 2. The topological polar surface area (TPSA) is 128 Å². The summed E-state index contributed by atoms with van der Waals surface area (Å²) in [5, 5.41) is 17.8. The van der Waals surface area contributed by atoms with Gasteiger partial charge < -0.3 is 14.6 Å². The summed E-state index contributed by atoms with van der Waals surface area (Å²) in [6.45, 7) is 2.93. The number of hydrogen-bond acceptors (Lipinski definition) is 5. The zero-order valence-corrected chi connectivity index (χ0v) is 16.9. The molecule has 2 fully saturated rings. The SMILES string of the molecule is N#Cc1ccc2ncn(C(=N)N=C(c3cn(C4CCOCC4)c(=O)[nH]3)N3CCC3)c2c1. The van der Waals surface area contributed by atoms with E-state index in [0.29, 0.717) is 41.3 Å². The molecule has 2 saturated heterocycles. The Balaban J connectivity index is 1.52. The Hall–Kier alpha value is -3.71. The number of hydrogen-bond donors (Lipinski definition) is 2. The summed E-state index contributed by atoms with van der Waals surface area (Å²) < 4.78 is 8.68. The summed E-state index contributed by atoms with van der Waals surface area (Å²) in [5.74, 6) is 0.539. The van der Waals surface area contributed by atoms with E-state index in [2.05, 4.69) is 21.0 Å². The Morgan fingerprint density at radius 3 is 2.84 bits per heavy atom. The summed E-state index contributed by atoms with van der Waals surface area (Å²) >= 11 is 0. The molecule has 31 heavy (non-hydrogen) atoms. The molecule has 10 nitrogen and oxygen atoms in total. The lowest BCUT2D eigenvalue weighted by Crippen LogP contribution is -2.43. The minimum absolute atomic E-state index is 0.0286. The molecule has 0 amide bonds. The number of aromatic nitrogens is 4. The fraction of sp³-hybridized carbons (Fsp3) is 0.381. The molecule has 2 aromatic heterocycles. The van der Waals surface area contributed by atoms with Crippen LogP contribution >= 0.6 is 0 Å². The van der Waals surface area contributed by atoms with Gasteiger partial charge >= 0.3 is 5.69 Å². The van der Waals surface area contributed by atoms with Gasteiger partial charge in [0.2, 0.25) is 5.96 Å². The number of nitrogens with zero attached hydrogens (tertiary/aromatic N) is 6. The Labute approximate surface area is 177 Å². The van der Waals surface area contributed by atoms with E-state index >= 15 is 0 Å². The predicted octanol–water partition coefficient (Wildman–Crippen LogP) is 1.68. The van der Waals surface area contributed by atoms with Crippen molar-refractivity contribution in [2.24, 2.45) is 4.99 Å². The van der Waals surface area contributed by atoms with Crippen molar-refractivity contribution in [3.63, 3.8) is 0 Å². The molecule has 1 aromatic carbocycles. The minimum Gasteiger partial charge on any atom is -0.381 e. The highest BCUT2D eigenvalue weighted by molar-refractivity contribution is 6.06. The van der Waals surface area contributed by atoms with E-state index in [1.54, 1.807) is 27.3 Å². The third kappa shape index (κ3) is 3.53. The van der Waals surface area contributed by atoms with E-state index in [1.165, 1.54) is 6.33 Å². The maximum atomic E-state index is 12.6. The third-order valence-corrected chi connectivity index (χ3v) is 5.84. The van der Waals surface area contributed by atoms with Crippen molar-refractivity contribution in [2.75, 3.05) is 26.3 Å². The van der Waals surface area contributed by atoms with E-state index in [0.717, 1.165) is 32.4 Å². The molecule has 3 aromatic rings. The number of rotatable bonds is 2. The summed E-state index contributed by atoms with van der Waals surface area (Å²) in [6.07, 6.45) is 5.97. The average Bonchev–Trinajstić information content (AvgIpc) is 3.35. The molecule has 0 aliphatic carbocycles. The van der Waals surface area contributed by atoms with Crippen LogP contribution in [0.3, 0.4) is 0 Å². The maximum Gasteiger partial charge on any atom is 0.326 e. The van der Waals surface area contributed by atoms with Gasteiger partial charge in [0.1, 0.15) is 12.0 Å². The van der Waals surface area contributed by atoms with Crippen LogP contribution in [0.5, 0.6) is 0 Å². The standard InChI is InChI=1S/C21H22N8O2/c22-11-14-2-3-16-18(10-14)29(13-24-16)20(23)26-19(27-6-1-7-27)17-12-28(21(30)25-17)15-4-8-31-9-5-15/h2-3,10,12-13,15,23H,1,4-9H2,(H,25,30). The number of benzene rings is 1. The second-order valence-corrected chi connectivity index (χ2v) is 7.75. The quantitative estimate of drug-likeness (QED) is 0.483. The monoisotopic (exact) mass is 418 g/mol. The molecule has 0 unspecified atom stereocenters. The molecule has 0 atom stereocenters. The van der Waals surface area contributed by atoms with Gasteiger partial charge in [-0.05, 0) is 37.5 Å². The van der Waals surface area contributed by atoms with Crippen molar-refractivity contribution in [1.29, 1.82) is 10.7 Å². The van der Waals surface area contributed by atoms with Gasteiger partial charge in [-0.1, -0.05) is 0 Å². The molecule has 10 heteroatoms. The van der Waals surface area contributed by atoms with Crippen LogP contribution in [-0.2, 0) is 4.74 Å². The molecular formula is C21H22N8O2. The first-order valence-electron chi connectivity index (χ1n) is 10.3. The van der Waals surface area contributed by atoms with Gasteiger partial charge in [-0.15, -0.1) is 0 Å². The molecule has 158 valence electrons. The highest BCUT2D eigenvalue weighted by Crippen LogP contribution is 2.21. The minimum atomic E-state index is -0.173. The molecule has 2 aliphatic heterocycles. The Morgan fingerprint density at radius 2 is 2.13 bits per heavy atom. The second-order valence-electron chi connectivity index (χ2n) is 7.75. The smallest absolute Gasteiger partial charge is 0.326 e. The molecule has 2 N–H and O–H groups in total. The summed E-state index contributed by atoms with van der Waals surface area (Å²) in [6, 6.07) is 7.36. The highest BCUT2D eigenvalue weighted by atomic mass is 16.5. The number of likely N-dealkylation sites (tertiary alicyclic amines) is 1. The summed E-state index contributed by atoms with van der Waals surface area (Å²) in [7, 11) is 0. The number of aromatic amines is 1. The molecule has 0 saturated carbocycles. The first-order chi connectivity index (χ1) is 15.1. The molecule has 0 bridgehead atoms. The van der Waals surface area contributed by atoms with Crippen molar-refractivity contribution >= 4 is 22.8 Å². The Morgan fingerprint density at radius 1 is 1.32 bits per heavy atom. The zero-order chi connectivity index (χ0) is 21.4. The van der Waals surface area contributed by atoms with Gasteiger partial charge in [0.25, 0.3) is 0 Å². The van der Waals surface area contributed by atoms with Crippen LogP contribution in [0.4, 0.5) is 0 Å². The van der Waals surface area contributed by atoms with Crippen molar-refractivity contribution in [2.45, 2.75) is 25.3 Å². The van der Waals surface area contributed by atoms with Crippen LogP contribution in [0.25, 0.3) is 11.0 Å². The number of ether oxygens (including phenoxy) is 1. The molecule has 4 heterocycles. The van der Waals surface area contributed by atoms with Gasteiger partial charge in [0.05, 0.1) is 22.7 Å². The number of H-pyrrole nitrogens is 1. The number of nitriles is 1. The first-order valence-corrected chi connectivity index (χ1v) is 10.3. The van der Waals surface area contributed by atoms with E-state index in [9.17, 15) is 10.1 Å². The fourth-order valence-corrected chi connectivity index (χ4v) is 3.99. The molecule has 5 rings (SSSR count). The number of amidine groups is 1. The Kier molecular flexibility index (Phi) is 4.88. The van der Waals surface area contributed by atoms with Crippen LogP contribution < -0.4 is 5.69 Å². The van der Waals surface area contributed by atoms with Crippen molar-refractivity contribution < 1.29 is 4.74 Å². The average molecular weight is 418 g/mol. The molecule has 0 spiro atoms. The molecule has 2 aliphatic rings. The van der Waals surface area contributed by atoms with E-state index < -0.39 is 0 Å². The van der Waals surface area contributed by atoms with Crippen molar-refractivity contribution in [1.82, 2.24) is 24.0 Å². The van der Waals surface area contributed by atoms with E-state index in [4.69, 9.17) is 10.1 Å². The van der Waals surface area contributed by atoms with Crippen molar-refractivity contribution in [3.05, 3.63) is 52.5 Å². The fourth-order valence-electron chi connectivity index (χ4n) is 3.99. The third-order valence-electron chi connectivity index (χ3n) is 5.84. The second kappa shape index (κ2) is 7.85. The molecular weight excluding hydrogens is 396 g/mol. The number of aliphatic imine (C=N–C) groups is 1. The number of nitrogens with one attached hydrogen (secondary N) is 2. The lowest BCUT2D eigenvalue weighted by molar-refractivity contribution is 0.0687. The van der Waals surface area contributed by atoms with Crippen molar-refractivity contribution in [3.8, 4) is 6.07 Å². The summed E-state index contributed by atoms with van der Waals surface area (Å²) in [4.78, 5) is 26.5.